The summed E-state index contributed by atoms with van der Waals surface area (Å²) in [4.78, 5) is 28.5. The molecular formula is C31H27F3N2O2S. The zero-order chi connectivity index (χ0) is 27.7. The topological polar surface area (TPSA) is 58.2 Å². The highest BCUT2D eigenvalue weighted by molar-refractivity contribution is 7.98. The van der Waals surface area contributed by atoms with E-state index in [-0.39, 0.29) is 29.4 Å². The van der Waals surface area contributed by atoms with E-state index in [0.29, 0.717) is 17.7 Å². The van der Waals surface area contributed by atoms with Crippen molar-refractivity contribution in [2.45, 2.75) is 42.7 Å². The molecule has 5 rings (SSSR count). The van der Waals surface area contributed by atoms with Gasteiger partial charge in [-0.05, 0) is 60.9 Å². The van der Waals surface area contributed by atoms with Crippen molar-refractivity contribution >= 4 is 29.1 Å². The van der Waals surface area contributed by atoms with Crippen molar-refractivity contribution in [3.63, 3.8) is 0 Å². The van der Waals surface area contributed by atoms with Gasteiger partial charge in [-0.15, -0.1) is 11.8 Å². The molecular weight excluding hydrogens is 521 g/mol. The monoisotopic (exact) mass is 548 g/mol. The summed E-state index contributed by atoms with van der Waals surface area (Å²) in [6.45, 7) is 1.73. The number of allylic oxidation sites excluding steroid dienone is 3. The summed E-state index contributed by atoms with van der Waals surface area (Å²) in [7, 11) is 0. The molecule has 0 aromatic heterocycles. The third-order valence-corrected chi connectivity index (χ3v) is 8.02. The van der Waals surface area contributed by atoms with Crippen LogP contribution in [0.5, 0.6) is 0 Å². The second-order valence-corrected chi connectivity index (χ2v) is 10.6. The Balaban J connectivity index is 1.57. The van der Waals surface area contributed by atoms with E-state index in [0.717, 1.165) is 27.8 Å². The summed E-state index contributed by atoms with van der Waals surface area (Å²) in [5, 5.41) is 5.77. The minimum atomic E-state index is -4.63. The molecule has 2 atom stereocenters. The molecule has 3 aromatic carbocycles. The van der Waals surface area contributed by atoms with E-state index in [1.807, 2.05) is 60.9 Å². The first-order valence-corrected chi connectivity index (χ1v) is 13.8. The summed E-state index contributed by atoms with van der Waals surface area (Å²) in [5.41, 5.74) is 2.54. The average Bonchev–Trinajstić information content (AvgIpc) is 2.92. The van der Waals surface area contributed by atoms with E-state index < -0.39 is 23.6 Å². The molecule has 8 heteroatoms. The number of carbonyl (C=O) groups is 2. The fourth-order valence-electron chi connectivity index (χ4n) is 5.46. The van der Waals surface area contributed by atoms with Crippen LogP contribution in [0, 0.1) is 0 Å². The van der Waals surface area contributed by atoms with Crippen molar-refractivity contribution in [2.24, 2.45) is 0 Å². The number of thioether (sulfide) groups is 1. The van der Waals surface area contributed by atoms with Crippen molar-refractivity contribution in [1.29, 1.82) is 0 Å². The Morgan fingerprint density at radius 3 is 2.26 bits per heavy atom. The number of halogens is 3. The van der Waals surface area contributed by atoms with Crippen molar-refractivity contribution in [1.82, 2.24) is 5.32 Å². The summed E-state index contributed by atoms with van der Waals surface area (Å²) >= 11 is 1.57. The molecule has 0 bridgehead atoms. The predicted molar refractivity (Wildman–Crippen MR) is 147 cm³/mol. The highest BCUT2D eigenvalue weighted by Gasteiger charge is 2.41. The van der Waals surface area contributed by atoms with Crippen LogP contribution in [0.4, 0.5) is 18.9 Å². The SMILES string of the molecule is CSc1ccc([C@H]2C(C(=O)Nc3ccccc3C(F)(F)F)=C(C)NC3=C2C(=O)C[C@@H](c2ccccc2)C3)cc1. The molecule has 3 aromatic rings. The second kappa shape index (κ2) is 10.8. The lowest BCUT2D eigenvalue weighted by Crippen LogP contribution is -2.37. The summed E-state index contributed by atoms with van der Waals surface area (Å²) in [6.07, 6.45) is -1.80. The highest BCUT2D eigenvalue weighted by Crippen LogP contribution is 2.46. The molecule has 1 aliphatic heterocycles. The van der Waals surface area contributed by atoms with Crippen LogP contribution >= 0.6 is 11.8 Å². The van der Waals surface area contributed by atoms with Gasteiger partial charge in [-0.25, -0.2) is 0 Å². The number of anilines is 1. The second-order valence-electron chi connectivity index (χ2n) is 9.70. The number of Topliss-reactive ketones (excluding diaryl/α,β-unsaturated/α-hetero) is 1. The van der Waals surface area contributed by atoms with Crippen molar-refractivity contribution < 1.29 is 22.8 Å². The van der Waals surface area contributed by atoms with Gasteiger partial charge in [0.15, 0.2) is 5.78 Å². The van der Waals surface area contributed by atoms with Gasteiger partial charge < -0.3 is 10.6 Å². The third kappa shape index (κ3) is 5.39. The molecule has 0 saturated heterocycles. The summed E-state index contributed by atoms with van der Waals surface area (Å²) in [6, 6.07) is 22.3. The highest BCUT2D eigenvalue weighted by atomic mass is 32.2. The van der Waals surface area contributed by atoms with Gasteiger partial charge in [0.25, 0.3) is 5.91 Å². The fourth-order valence-corrected chi connectivity index (χ4v) is 5.87. The molecule has 0 saturated carbocycles. The molecule has 0 spiro atoms. The Hall–Kier alpha value is -3.78. The van der Waals surface area contributed by atoms with Crippen LogP contribution in [0.3, 0.4) is 0 Å². The number of nitrogens with one attached hydrogen (secondary N) is 2. The van der Waals surface area contributed by atoms with E-state index in [1.165, 1.54) is 18.2 Å². The first-order valence-electron chi connectivity index (χ1n) is 12.6. The van der Waals surface area contributed by atoms with Crippen molar-refractivity contribution in [3.05, 3.63) is 118 Å². The standard InChI is InChI=1S/C31H27F3N2O2S/c1-18-27(30(38)36-24-11-7-6-10-23(24)31(32,33)34)28(20-12-14-22(39-2)15-13-20)29-25(35-18)16-21(17-26(29)37)19-8-4-3-5-9-19/h3-15,21,28,35H,16-17H2,1-2H3,(H,36,38)/t21-,28-/m0/s1. The maximum Gasteiger partial charge on any atom is 0.418 e. The Bertz CT molecular complexity index is 1480. The van der Waals surface area contributed by atoms with Crippen LogP contribution in [-0.2, 0) is 15.8 Å². The van der Waals surface area contributed by atoms with Gasteiger partial charge in [-0.3, -0.25) is 9.59 Å². The Morgan fingerprint density at radius 1 is 0.923 bits per heavy atom. The molecule has 1 amide bonds. The van der Waals surface area contributed by atoms with Gasteiger partial charge in [0.2, 0.25) is 0 Å². The van der Waals surface area contributed by atoms with Gasteiger partial charge in [0, 0.05) is 39.8 Å². The molecule has 39 heavy (non-hydrogen) atoms. The number of rotatable bonds is 5. The zero-order valence-corrected chi connectivity index (χ0v) is 22.2. The van der Waals surface area contributed by atoms with Gasteiger partial charge in [0.1, 0.15) is 0 Å². The summed E-state index contributed by atoms with van der Waals surface area (Å²) in [5.74, 6) is -1.48. The number of ketones is 1. The Morgan fingerprint density at radius 2 is 1.59 bits per heavy atom. The molecule has 1 heterocycles. The number of para-hydroxylation sites is 1. The van der Waals surface area contributed by atoms with E-state index in [2.05, 4.69) is 10.6 Å². The Labute approximate surface area is 229 Å². The summed E-state index contributed by atoms with van der Waals surface area (Å²) < 4.78 is 41.0. The van der Waals surface area contributed by atoms with E-state index in [9.17, 15) is 22.8 Å². The fraction of sp³-hybridized carbons (Fsp3) is 0.226. The lowest BCUT2D eigenvalue weighted by atomic mass is 9.71. The average molecular weight is 549 g/mol. The van der Waals surface area contributed by atoms with Crippen LogP contribution in [0.25, 0.3) is 0 Å². The Kier molecular flexibility index (Phi) is 7.40. The van der Waals surface area contributed by atoms with Crippen LogP contribution < -0.4 is 10.6 Å². The lowest BCUT2D eigenvalue weighted by molar-refractivity contribution is -0.137. The van der Waals surface area contributed by atoms with Crippen molar-refractivity contribution in [3.8, 4) is 0 Å². The lowest BCUT2D eigenvalue weighted by Gasteiger charge is -2.37. The van der Waals surface area contributed by atoms with Crippen LogP contribution in [0.1, 0.15) is 48.3 Å². The molecule has 0 radical (unpaired) electrons. The quantitative estimate of drug-likeness (QED) is 0.326. The van der Waals surface area contributed by atoms with Crippen LogP contribution in [0.15, 0.2) is 106 Å². The number of amides is 1. The van der Waals surface area contributed by atoms with Crippen LogP contribution in [0.2, 0.25) is 0 Å². The third-order valence-electron chi connectivity index (χ3n) is 7.27. The first kappa shape index (κ1) is 26.8. The number of hydrogen-bond acceptors (Lipinski definition) is 4. The first-order chi connectivity index (χ1) is 18.7. The van der Waals surface area contributed by atoms with Crippen molar-refractivity contribution in [2.75, 3.05) is 11.6 Å². The maximum absolute atomic E-state index is 13.7. The van der Waals surface area contributed by atoms with E-state index in [1.54, 1.807) is 18.7 Å². The molecule has 4 nitrogen and oxygen atoms in total. The zero-order valence-electron chi connectivity index (χ0n) is 21.4. The van der Waals surface area contributed by atoms with E-state index >= 15 is 0 Å². The minimum Gasteiger partial charge on any atom is -0.362 e. The minimum absolute atomic E-state index is 0.00805. The van der Waals surface area contributed by atoms with Gasteiger partial charge in [0.05, 0.1) is 11.3 Å². The molecule has 200 valence electrons. The maximum atomic E-state index is 13.7. The predicted octanol–water partition coefficient (Wildman–Crippen LogP) is 7.43. The number of benzene rings is 3. The molecule has 0 fully saturated rings. The van der Waals surface area contributed by atoms with Gasteiger partial charge >= 0.3 is 6.18 Å². The number of dihydropyridines is 1. The van der Waals surface area contributed by atoms with Crippen LogP contribution in [-0.4, -0.2) is 17.9 Å². The number of carbonyl (C=O) groups excluding carboxylic acids is 2. The smallest absolute Gasteiger partial charge is 0.362 e. The molecule has 2 aliphatic rings. The van der Waals surface area contributed by atoms with Gasteiger partial charge in [-0.2, -0.15) is 13.2 Å². The largest absolute Gasteiger partial charge is 0.418 e. The number of hydrogen-bond donors (Lipinski definition) is 2. The normalized spacial score (nSPS) is 19.5. The molecule has 0 unspecified atom stereocenters. The molecule has 1 aliphatic carbocycles. The molecule has 2 N–H and O–H groups in total. The van der Waals surface area contributed by atoms with Gasteiger partial charge in [-0.1, -0.05) is 54.6 Å². The van der Waals surface area contributed by atoms with E-state index in [4.69, 9.17) is 0 Å². The number of alkyl halides is 3.